The number of anilines is 4. The van der Waals surface area contributed by atoms with E-state index in [1.165, 1.54) is 18.4 Å². The minimum Gasteiger partial charge on any atom is -0.340 e. The molecule has 166 valence electrons. The number of benzene rings is 3. The number of halogens is 1. The third-order valence-electron chi connectivity index (χ3n) is 4.76. The minimum absolute atomic E-state index is 0. The van der Waals surface area contributed by atoms with Gasteiger partial charge in [-0.1, -0.05) is 42.5 Å². The van der Waals surface area contributed by atoms with Gasteiger partial charge in [-0.3, -0.25) is 0 Å². The molecule has 0 amide bonds. The molecule has 9 heteroatoms. The van der Waals surface area contributed by atoms with Gasteiger partial charge in [0.25, 0.3) is 0 Å². The second kappa shape index (κ2) is 9.95. The highest BCUT2D eigenvalue weighted by Gasteiger charge is 2.14. The average Bonchev–Trinajstić information content (AvgIpc) is 2.76. The van der Waals surface area contributed by atoms with Gasteiger partial charge in [0, 0.05) is 30.9 Å². The molecule has 0 aliphatic rings. The Balaban J connectivity index is 0.00000289. The molecule has 0 aliphatic carbocycles. The quantitative estimate of drug-likeness (QED) is 0.399. The molecule has 32 heavy (non-hydrogen) atoms. The van der Waals surface area contributed by atoms with Crippen molar-refractivity contribution in [1.29, 1.82) is 0 Å². The lowest BCUT2D eigenvalue weighted by Gasteiger charge is -2.13. The van der Waals surface area contributed by atoms with Gasteiger partial charge in [-0.15, -0.1) is 12.4 Å². The van der Waals surface area contributed by atoms with E-state index in [2.05, 4.69) is 20.6 Å². The van der Waals surface area contributed by atoms with Gasteiger partial charge in [-0.25, -0.2) is 17.7 Å². The van der Waals surface area contributed by atoms with Crippen LogP contribution in [0.1, 0.15) is 5.56 Å². The van der Waals surface area contributed by atoms with Crippen LogP contribution in [0.4, 0.5) is 23.1 Å². The van der Waals surface area contributed by atoms with Crippen LogP contribution in [0, 0.1) is 0 Å². The zero-order valence-electron chi connectivity index (χ0n) is 17.7. The maximum atomic E-state index is 12.1. The normalized spacial score (nSPS) is 11.2. The van der Waals surface area contributed by atoms with Gasteiger partial charge in [0.2, 0.25) is 16.0 Å². The molecule has 1 heterocycles. The SMILES string of the molecule is CN(C)S(=O)(=O)Cc1ccc(Nc2nc(Nc3ccccc3)c3ccccc3n2)cc1.Cl. The molecule has 0 aliphatic heterocycles. The Bertz CT molecular complexity index is 1300. The lowest BCUT2D eigenvalue weighted by Crippen LogP contribution is -2.23. The van der Waals surface area contributed by atoms with Crippen molar-refractivity contribution in [3.05, 3.63) is 84.4 Å². The number of hydrogen-bond donors (Lipinski definition) is 2. The van der Waals surface area contributed by atoms with E-state index in [0.717, 1.165) is 22.3 Å². The van der Waals surface area contributed by atoms with E-state index in [-0.39, 0.29) is 18.2 Å². The molecule has 4 aromatic rings. The van der Waals surface area contributed by atoms with Gasteiger partial charge in [-0.05, 0) is 42.0 Å². The highest BCUT2D eigenvalue weighted by atomic mass is 35.5. The molecule has 0 unspecified atom stereocenters. The summed E-state index contributed by atoms with van der Waals surface area (Å²) in [5, 5.41) is 7.49. The van der Waals surface area contributed by atoms with Crippen LogP contribution in [0.15, 0.2) is 78.9 Å². The first kappa shape index (κ1) is 23.5. The molecule has 0 spiro atoms. The van der Waals surface area contributed by atoms with Gasteiger partial charge >= 0.3 is 0 Å². The van der Waals surface area contributed by atoms with Crippen LogP contribution < -0.4 is 10.6 Å². The summed E-state index contributed by atoms with van der Waals surface area (Å²) < 4.78 is 25.4. The largest absolute Gasteiger partial charge is 0.340 e. The summed E-state index contributed by atoms with van der Waals surface area (Å²) >= 11 is 0. The summed E-state index contributed by atoms with van der Waals surface area (Å²) in [7, 11) is -0.240. The number of nitrogens with one attached hydrogen (secondary N) is 2. The van der Waals surface area contributed by atoms with Crippen LogP contribution in [0.3, 0.4) is 0 Å². The number of hydrogen-bond acceptors (Lipinski definition) is 6. The van der Waals surface area contributed by atoms with Crippen LogP contribution in [0.25, 0.3) is 10.9 Å². The maximum absolute atomic E-state index is 12.1. The van der Waals surface area contributed by atoms with Crippen molar-refractivity contribution in [3.63, 3.8) is 0 Å². The predicted octanol–water partition coefficient (Wildman–Crippen LogP) is 4.93. The first-order valence-corrected chi connectivity index (χ1v) is 11.4. The molecule has 0 saturated carbocycles. The smallest absolute Gasteiger partial charge is 0.229 e. The zero-order chi connectivity index (χ0) is 21.8. The molecule has 0 atom stereocenters. The third kappa shape index (κ3) is 5.53. The number of rotatable bonds is 7. The van der Waals surface area contributed by atoms with Gasteiger partial charge in [-0.2, -0.15) is 4.98 Å². The van der Waals surface area contributed by atoms with Crippen molar-refractivity contribution in [2.24, 2.45) is 0 Å². The summed E-state index contributed by atoms with van der Waals surface area (Å²) in [6.45, 7) is 0. The minimum atomic E-state index is -3.30. The van der Waals surface area contributed by atoms with Crippen molar-refractivity contribution in [3.8, 4) is 0 Å². The number of aromatic nitrogens is 2. The monoisotopic (exact) mass is 469 g/mol. The van der Waals surface area contributed by atoms with Gasteiger partial charge in [0.1, 0.15) is 5.82 Å². The summed E-state index contributed by atoms with van der Waals surface area (Å²) in [6, 6.07) is 24.9. The fourth-order valence-corrected chi connectivity index (χ4v) is 3.91. The van der Waals surface area contributed by atoms with Crippen molar-refractivity contribution >= 4 is 56.5 Å². The molecule has 0 fully saturated rings. The van der Waals surface area contributed by atoms with Crippen LogP contribution in [-0.4, -0.2) is 36.8 Å². The van der Waals surface area contributed by atoms with Gasteiger partial charge in [0.15, 0.2) is 0 Å². The highest BCUT2D eigenvalue weighted by Crippen LogP contribution is 2.26. The van der Waals surface area contributed by atoms with Gasteiger partial charge < -0.3 is 10.6 Å². The molecule has 7 nitrogen and oxygen atoms in total. The molecule has 4 rings (SSSR count). The summed E-state index contributed by atoms with van der Waals surface area (Å²) in [6.07, 6.45) is 0. The molecule has 0 saturated heterocycles. The van der Waals surface area contributed by atoms with Crippen LogP contribution in [0.5, 0.6) is 0 Å². The van der Waals surface area contributed by atoms with E-state index in [4.69, 9.17) is 0 Å². The predicted molar refractivity (Wildman–Crippen MR) is 133 cm³/mol. The van der Waals surface area contributed by atoms with Crippen LogP contribution in [-0.2, 0) is 15.8 Å². The van der Waals surface area contributed by atoms with Crippen molar-refractivity contribution in [2.75, 3.05) is 24.7 Å². The first-order valence-electron chi connectivity index (χ1n) is 9.76. The molecule has 3 aromatic carbocycles. The van der Waals surface area contributed by atoms with Crippen molar-refractivity contribution < 1.29 is 8.42 Å². The lowest BCUT2D eigenvalue weighted by atomic mass is 10.2. The molecular formula is C23H24ClN5O2S. The molecule has 1 aromatic heterocycles. The number of para-hydroxylation sites is 2. The van der Waals surface area contributed by atoms with E-state index in [0.29, 0.717) is 17.3 Å². The van der Waals surface area contributed by atoms with E-state index in [9.17, 15) is 8.42 Å². The first-order chi connectivity index (χ1) is 14.9. The van der Waals surface area contributed by atoms with Crippen LogP contribution >= 0.6 is 12.4 Å². The fraction of sp³-hybridized carbons (Fsp3) is 0.130. The molecular weight excluding hydrogens is 446 g/mol. The molecule has 2 N–H and O–H groups in total. The Morgan fingerprint density at radius 1 is 0.781 bits per heavy atom. The Hall–Kier alpha value is -3.20. The Labute approximate surface area is 194 Å². The Morgan fingerprint density at radius 3 is 2.09 bits per heavy atom. The second-order valence-electron chi connectivity index (χ2n) is 7.26. The number of fused-ring (bicyclic) bond motifs is 1. The number of sulfonamides is 1. The van der Waals surface area contributed by atoms with E-state index >= 15 is 0 Å². The van der Waals surface area contributed by atoms with Crippen molar-refractivity contribution in [2.45, 2.75) is 5.75 Å². The topological polar surface area (TPSA) is 87.2 Å². The number of nitrogens with zero attached hydrogens (tertiary/aromatic N) is 3. The molecule has 0 bridgehead atoms. The second-order valence-corrected chi connectivity index (χ2v) is 9.45. The van der Waals surface area contributed by atoms with E-state index in [1.54, 1.807) is 12.1 Å². The summed E-state index contributed by atoms with van der Waals surface area (Å²) in [4.78, 5) is 9.27. The standard InChI is InChI=1S/C23H23N5O2S.ClH/c1-28(2)31(29,30)16-17-12-14-19(15-13-17)25-23-26-21-11-7-6-10-20(21)22(27-23)24-18-8-4-3-5-9-18;/h3-15H,16H2,1-2H3,(H2,24,25,26,27);1H. The van der Waals surface area contributed by atoms with Gasteiger partial charge in [0.05, 0.1) is 11.3 Å². The third-order valence-corrected chi connectivity index (χ3v) is 6.57. The zero-order valence-corrected chi connectivity index (χ0v) is 19.3. The van der Waals surface area contributed by atoms with Crippen molar-refractivity contribution in [1.82, 2.24) is 14.3 Å². The average molecular weight is 470 g/mol. The lowest BCUT2D eigenvalue weighted by molar-refractivity contribution is 0.520. The Kier molecular flexibility index (Phi) is 7.29. The highest BCUT2D eigenvalue weighted by molar-refractivity contribution is 7.88. The summed E-state index contributed by atoms with van der Waals surface area (Å²) in [5.74, 6) is 1.11. The molecule has 0 radical (unpaired) electrons. The van der Waals surface area contributed by atoms with E-state index < -0.39 is 10.0 Å². The van der Waals surface area contributed by atoms with E-state index in [1.807, 2.05) is 66.7 Å². The van der Waals surface area contributed by atoms with Crippen LogP contribution in [0.2, 0.25) is 0 Å². The fourth-order valence-electron chi connectivity index (χ4n) is 3.04. The summed E-state index contributed by atoms with van der Waals surface area (Å²) in [5.41, 5.74) is 3.23. The Morgan fingerprint density at radius 2 is 1.41 bits per heavy atom. The maximum Gasteiger partial charge on any atom is 0.229 e.